The molecule has 0 spiro atoms. The predicted molar refractivity (Wildman–Crippen MR) is 156 cm³/mol. The highest BCUT2D eigenvalue weighted by molar-refractivity contribution is 7.49. The van der Waals surface area contributed by atoms with E-state index in [-0.39, 0.29) is 18.8 Å². The van der Waals surface area contributed by atoms with E-state index < -0.39 is 49.5 Å². The number of alkyl carbamates (subject to hydrolysis) is 1. The number of hydrogen-bond acceptors (Lipinski definition) is 10. The van der Waals surface area contributed by atoms with E-state index in [1.807, 2.05) is 24.3 Å². The number of carbonyl (C=O) groups is 3. The molecule has 0 saturated carbocycles. The number of aryl methyl sites for hydroxylation is 1. The van der Waals surface area contributed by atoms with E-state index in [4.69, 9.17) is 27.8 Å². The molecule has 0 radical (unpaired) electrons. The van der Waals surface area contributed by atoms with E-state index in [9.17, 15) is 18.9 Å². The van der Waals surface area contributed by atoms with Crippen LogP contribution in [-0.4, -0.2) is 48.8 Å². The first-order valence-corrected chi connectivity index (χ1v) is 15.0. The number of carbonyl (C=O) groups excluding carboxylic acids is 3. The van der Waals surface area contributed by atoms with E-state index in [1.165, 1.54) is 13.0 Å². The van der Waals surface area contributed by atoms with E-state index >= 15 is 0 Å². The van der Waals surface area contributed by atoms with Crippen LogP contribution in [0.25, 0.3) is 0 Å². The minimum Gasteiger partial charge on any atom is -0.496 e. The Balaban J connectivity index is 2.12. The van der Waals surface area contributed by atoms with Gasteiger partial charge >= 0.3 is 19.9 Å². The summed E-state index contributed by atoms with van der Waals surface area (Å²) in [4.78, 5) is 36.9. The minimum atomic E-state index is -4.38. The molecule has 0 bridgehead atoms. The van der Waals surface area contributed by atoms with Crippen LogP contribution in [-0.2, 0) is 45.7 Å². The summed E-state index contributed by atoms with van der Waals surface area (Å²) in [6.07, 6.45) is -0.287. The van der Waals surface area contributed by atoms with E-state index in [2.05, 4.69) is 5.32 Å². The maximum atomic E-state index is 13.8. The molecule has 1 unspecified atom stereocenters. The minimum absolute atomic E-state index is 0.0992. The highest BCUT2D eigenvalue weighted by Gasteiger charge is 2.37. The van der Waals surface area contributed by atoms with Gasteiger partial charge < -0.3 is 24.1 Å². The number of Topliss-reactive ketones (excluding diaryl/α,β-unsaturated/α-hetero) is 1. The number of benzene rings is 2. The maximum absolute atomic E-state index is 13.8. The van der Waals surface area contributed by atoms with Crippen molar-refractivity contribution in [3.63, 3.8) is 0 Å². The van der Waals surface area contributed by atoms with Crippen molar-refractivity contribution in [3.05, 3.63) is 59.7 Å². The van der Waals surface area contributed by atoms with E-state index in [0.29, 0.717) is 17.7 Å². The lowest BCUT2D eigenvalue weighted by atomic mass is 10.1. The van der Waals surface area contributed by atoms with Gasteiger partial charge in [0, 0.05) is 12.0 Å². The molecule has 2 aromatic rings. The fraction of sp³-hybridized carbons (Fsp3) is 0.500. The Morgan fingerprint density at radius 3 is 2.05 bits per heavy atom. The van der Waals surface area contributed by atoms with Gasteiger partial charge in [-0.3, -0.25) is 18.6 Å². The summed E-state index contributed by atoms with van der Waals surface area (Å²) in [7, 11) is -2.81. The molecule has 12 heteroatoms. The molecular formula is C30H42NO10P. The third kappa shape index (κ3) is 12.6. The lowest BCUT2D eigenvalue weighted by Gasteiger charge is -2.28. The van der Waals surface area contributed by atoms with Crippen LogP contribution in [0.1, 0.15) is 66.0 Å². The number of ketones is 1. The first-order valence-electron chi connectivity index (χ1n) is 13.5. The molecular weight excluding hydrogens is 565 g/mol. The second-order valence-corrected chi connectivity index (χ2v) is 12.9. The number of phosphoric acid groups is 1. The Hall–Kier alpha value is -3.40. The van der Waals surface area contributed by atoms with E-state index in [1.54, 1.807) is 66.9 Å². The maximum Gasteiger partial charge on any atom is 0.530 e. The highest BCUT2D eigenvalue weighted by atomic mass is 31.2. The smallest absolute Gasteiger partial charge is 0.496 e. The fourth-order valence-electron chi connectivity index (χ4n) is 3.49. The molecule has 2 rings (SSSR count). The Kier molecular flexibility index (Phi) is 12.6. The summed E-state index contributed by atoms with van der Waals surface area (Å²) >= 11 is 0. The van der Waals surface area contributed by atoms with Crippen molar-refractivity contribution in [1.29, 1.82) is 0 Å². The van der Waals surface area contributed by atoms with Gasteiger partial charge in [-0.25, -0.2) is 9.36 Å². The summed E-state index contributed by atoms with van der Waals surface area (Å²) in [5, 5.41) is 2.41. The van der Waals surface area contributed by atoms with E-state index in [0.717, 1.165) is 5.56 Å². The van der Waals surface area contributed by atoms with Gasteiger partial charge in [0.2, 0.25) is 0 Å². The number of rotatable bonds is 14. The zero-order valence-electron chi connectivity index (χ0n) is 25.6. The molecule has 2 aromatic carbocycles. The van der Waals surface area contributed by atoms with Gasteiger partial charge in [0.25, 0.3) is 0 Å². The number of hydrogen-bond donors (Lipinski definition) is 1. The third-order valence-electron chi connectivity index (χ3n) is 5.33. The molecule has 0 fully saturated rings. The third-order valence-corrected chi connectivity index (χ3v) is 6.99. The van der Waals surface area contributed by atoms with Crippen molar-refractivity contribution in [2.45, 2.75) is 85.2 Å². The van der Waals surface area contributed by atoms with Gasteiger partial charge in [-0.2, -0.15) is 0 Å². The van der Waals surface area contributed by atoms with Crippen molar-refractivity contribution in [3.8, 4) is 11.5 Å². The van der Waals surface area contributed by atoms with Crippen LogP contribution in [0.2, 0.25) is 0 Å². The summed E-state index contributed by atoms with van der Waals surface area (Å²) in [6, 6.07) is 12.8. The van der Waals surface area contributed by atoms with Crippen LogP contribution < -0.4 is 14.6 Å². The molecule has 0 aromatic heterocycles. The van der Waals surface area contributed by atoms with Crippen LogP contribution >= 0.6 is 7.82 Å². The lowest BCUT2D eigenvalue weighted by molar-refractivity contribution is -0.144. The number of esters is 1. The molecule has 11 nitrogen and oxygen atoms in total. The number of para-hydroxylation sites is 2. The standard InChI is InChI=1S/C30H42NO10P/c1-21(32)24(31-28(34)39-29(2,3)4)20-38-42(35,41-30(5,6)7)40-26-16-12-10-14-23(26)19-37-27(33)18-17-22-13-9-11-15-25(22)36-8/h9-16,24H,17-20H2,1-8H3,(H,31,34)/t24-,42?/m0/s1. The topological polar surface area (TPSA) is 136 Å². The van der Waals surface area contributed by atoms with Crippen molar-refractivity contribution in [1.82, 2.24) is 5.32 Å². The molecule has 0 aliphatic rings. The van der Waals surface area contributed by atoms with Crippen LogP contribution in [0.15, 0.2) is 48.5 Å². The van der Waals surface area contributed by atoms with Gasteiger partial charge in [-0.15, -0.1) is 0 Å². The van der Waals surface area contributed by atoms with Gasteiger partial charge in [0.15, 0.2) is 5.78 Å². The van der Waals surface area contributed by atoms with Crippen LogP contribution in [0, 0.1) is 0 Å². The van der Waals surface area contributed by atoms with Crippen LogP contribution in [0.4, 0.5) is 4.79 Å². The monoisotopic (exact) mass is 607 g/mol. The van der Waals surface area contributed by atoms with Gasteiger partial charge in [0.05, 0.1) is 19.3 Å². The molecule has 0 aliphatic heterocycles. The average molecular weight is 608 g/mol. The second-order valence-electron chi connectivity index (χ2n) is 11.4. The Labute approximate surface area is 247 Å². The summed E-state index contributed by atoms with van der Waals surface area (Å²) in [6.45, 7) is 10.6. The predicted octanol–water partition coefficient (Wildman–Crippen LogP) is 6.17. The molecule has 42 heavy (non-hydrogen) atoms. The summed E-state index contributed by atoms with van der Waals surface area (Å²) < 4.78 is 46.8. The first-order chi connectivity index (χ1) is 19.5. The average Bonchev–Trinajstić information content (AvgIpc) is 2.87. The Morgan fingerprint density at radius 2 is 1.48 bits per heavy atom. The van der Waals surface area contributed by atoms with Crippen molar-refractivity contribution in [2.24, 2.45) is 0 Å². The van der Waals surface area contributed by atoms with Gasteiger partial charge in [0.1, 0.15) is 29.7 Å². The zero-order chi connectivity index (χ0) is 31.6. The number of methoxy groups -OCH3 is 1. The molecule has 0 aliphatic carbocycles. The number of ether oxygens (including phenoxy) is 3. The quantitative estimate of drug-likeness (QED) is 0.196. The summed E-state index contributed by atoms with van der Waals surface area (Å²) in [5.74, 6) is -0.115. The number of amides is 1. The molecule has 1 N–H and O–H groups in total. The summed E-state index contributed by atoms with van der Waals surface area (Å²) in [5.41, 5.74) is -0.468. The van der Waals surface area contributed by atoms with Crippen LogP contribution in [0.5, 0.6) is 11.5 Å². The van der Waals surface area contributed by atoms with Crippen molar-refractivity contribution in [2.75, 3.05) is 13.7 Å². The normalized spacial score (nSPS) is 13.8. The SMILES string of the molecule is COc1ccccc1CCC(=O)OCc1ccccc1OP(=O)(OC[C@H](NC(=O)OC(C)(C)C)C(C)=O)OC(C)(C)C. The lowest BCUT2D eigenvalue weighted by Crippen LogP contribution is -2.45. The Bertz CT molecular complexity index is 1270. The first kappa shape index (κ1) is 34.8. The fourth-order valence-corrected chi connectivity index (χ4v) is 5.06. The largest absolute Gasteiger partial charge is 0.530 e. The second kappa shape index (κ2) is 15.2. The number of phosphoric ester groups is 1. The van der Waals surface area contributed by atoms with Crippen molar-refractivity contribution < 1.29 is 46.7 Å². The molecule has 0 heterocycles. The Morgan fingerprint density at radius 1 is 0.881 bits per heavy atom. The van der Waals surface area contributed by atoms with Gasteiger partial charge in [-0.1, -0.05) is 36.4 Å². The molecule has 232 valence electrons. The molecule has 2 atom stereocenters. The van der Waals surface area contributed by atoms with Gasteiger partial charge in [-0.05, 0) is 72.6 Å². The number of nitrogens with one attached hydrogen (secondary N) is 1. The molecule has 1 amide bonds. The zero-order valence-corrected chi connectivity index (χ0v) is 26.4. The van der Waals surface area contributed by atoms with Crippen LogP contribution in [0.3, 0.4) is 0 Å². The highest BCUT2D eigenvalue weighted by Crippen LogP contribution is 2.53. The molecule has 0 saturated heterocycles. The van der Waals surface area contributed by atoms with Crippen molar-refractivity contribution >= 4 is 25.7 Å².